The van der Waals surface area contributed by atoms with Crippen LogP contribution in [0.4, 0.5) is 5.82 Å². The van der Waals surface area contributed by atoms with E-state index in [2.05, 4.69) is 41.2 Å². The molecular weight excluding hydrogens is 238 g/mol. The van der Waals surface area contributed by atoms with E-state index in [1.807, 2.05) is 31.0 Å². The molecule has 19 heavy (non-hydrogen) atoms. The minimum atomic E-state index is 0.398. The smallest absolute Gasteiger partial charge is 0.164 e. The summed E-state index contributed by atoms with van der Waals surface area (Å²) < 4.78 is 1.88. The first kappa shape index (κ1) is 13.5. The molecule has 0 bridgehead atoms. The van der Waals surface area contributed by atoms with Gasteiger partial charge >= 0.3 is 0 Å². The minimum Gasteiger partial charge on any atom is -0.373 e. The lowest BCUT2D eigenvalue weighted by Gasteiger charge is -2.15. The Balaban J connectivity index is 2.51. The lowest BCUT2D eigenvalue weighted by atomic mass is 10.0. The zero-order valence-corrected chi connectivity index (χ0v) is 12.2. The molecule has 0 spiro atoms. The van der Waals surface area contributed by atoms with Crippen molar-refractivity contribution in [2.45, 2.75) is 40.2 Å². The predicted octanol–water partition coefficient (Wildman–Crippen LogP) is 2.83. The van der Waals surface area contributed by atoms with E-state index in [0.29, 0.717) is 5.92 Å². The summed E-state index contributed by atoms with van der Waals surface area (Å²) >= 11 is 0. The Morgan fingerprint density at radius 2 is 2.05 bits per heavy atom. The molecule has 102 valence electrons. The Morgan fingerprint density at radius 1 is 1.32 bits per heavy atom. The summed E-state index contributed by atoms with van der Waals surface area (Å²) in [4.78, 5) is 9.23. The fraction of sp³-hybridized carbons (Fsp3) is 0.500. The molecular formula is C14H21N5. The van der Waals surface area contributed by atoms with Gasteiger partial charge in [-0.3, -0.25) is 4.68 Å². The zero-order chi connectivity index (χ0) is 14.0. The van der Waals surface area contributed by atoms with Gasteiger partial charge in [0.25, 0.3) is 0 Å². The largest absolute Gasteiger partial charge is 0.373 e. The molecule has 2 aromatic rings. The standard InChI is InChI=1S/C14H21N5/c1-6-19-8-11(7-16-19)13-17-10(4)12(9(2)3)14(15-5)18-13/h7-9H,6H2,1-5H3,(H,15,17,18). The fourth-order valence-electron chi connectivity index (χ4n) is 2.24. The zero-order valence-electron chi connectivity index (χ0n) is 12.2. The minimum absolute atomic E-state index is 0.398. The maximum atomic E-state index is 4.62. The van der Waals surface area contributed by atoms with Crippen molar-refractivity contribution in [1.82, 2.24) is 19.7 Å². The first-order chi connectivity index (χ1) is 9.06. The van der Waals surface area contributed by atoms with Crippen LogP contribution in [0.25, 0.3) is 11.4 Å². The molecule has 0 saturated carbocycles. The highest BCUT2D eigenvalue weighted by molar-refractivity contribution is 5.59. The summed E-state index contributed by atoms with van der Waals surface area (Å²) in [5.41, 5.74) is 3.15. The Hall–Kier alpha value is -1.91. The lowest BCUT2D eigenvalue weighted by molar-refractivity contribution is 0.660. The summed E-state index contributed by atoms with van der Waals surface area (Å²) in [6, 6.07) is 0. The van der Waals surface area contributed by atoms with Crippen molar-refractivity contribution >= 4 is 5.82 Å². The van der Waals surface area contributed by atoms with Crippen molar-refractivity contribution in [3.05, 3.63) is 23.7 Å². The second-order valence-electron chi connectivity index (χ2n) is 4.88. The van der Waals surface area contributed by atoms with E-state index >= 15 is 0 Å². The summed E-state index contributed by atoms with van der Waals surface area (Å²) in [5.74, 6) is 2.03. The van der Waals surface area contributed by atoms with Gasteiger partial charge in [-0.2, -0.15) is 5.10 Å². The van der Waals surface area contributed by atoms with Gasteiger partial charge in [-0.1, -0.05) is 13.8 Å². The van der Waals surface area contributed by atoms with E-state index in [0.717, 1.165) is 29.4 Å². The van der Waals surface area contributed by atoms with Gasteiger partial charge in [-0.15, -0.1) is 0 Å². The maximum Gasteiger partial charge on any atom is 0.164 e. The van der Waals surface area contributed by atoms with Gasteiger partial charge in [0, 0.05) is 31.0 Å². The molecule has 0 aromatic carbocycles. The van der Waals surface area contributed by atoms with Crippen molar-refractivity contribution in [3.63, 3.8) is 0 Å². The van der Waals surface area contributed by atoms with Crippen LogP contribution >= 0.6 is 0 Å². The topological polar surface area (TPSA) is 55.6 Å². The molecule has 0 aliphatic carbocycles. The normalized spacial score (nSPS) is 11.1. The SMILES string of the molecule is CCn1cc(-c2nc(C)c(C(C)C)c(NC)n2)cn1. The Kier molecular flexibility index (Phi) is 3.83. The van der Waals surface area contributed by atoms with Crippen molar-refractivity contribution in [1.29, 1.82) is 0 Å². The Bertz CT molecular complexity index is 571. The van der Waals surface area contributed by atoms with Crippen LogP contribution in [0, 0.1) is 6.92 Å². The second-order valence-corrected chi connectivity index (χ2v) is 4.88. The van der Waals surface area contributed by atoms with Gasteiger partial charge in [0.15, 0.2) is 5.82 Å². The van der Waals surface area contributed by atoms with Crippen LogP contribution in [0.15, 0.2) is 12.4 Å². The van der Waals surface area contributed by atoms with Gasteiger partial charge in [-0.05, 0) is 19.8 Å². The number of aryl methyl sites for hydroxylation is 2. The van der Waals surface area contributed by atoms with Crippen LogP contribution in [0.2, 0.25) is 0 Å². The monoisotopic (exact) mass is 259 g/mol. The van der Waals surface area contributed by atoms with Crippen molar-refractivity contribution < 1.29 is 0 Å². The number of aromatic nitrogens is 4. The molecule has 0 atom stereocenters. The van der Waals surface area contributed by atoms with Crippen LogP contribution in [-0.2, 0) is 6.54 Å². The van der Waals surface area contributed by atoms with E-state index in [4.69, 9.17) is 0 Å². The van der Waals surface area contributed by atoms with Crippen molar-refractivity contribution in [3.8, 4) is 11.4 Å². The fourth-order valence-corrected chi connectivity index (χ4v) is 2.24. The highest BCUT2D eigenvalue weighted by atomic mass is 15.3. The summed E-state index contributed by atoms with van der Waals surface area (Å²) in [6.07, 6.45) is 3.79. The Labute approximate surface area is 114 Å². The third-order valence-corrected chi connectivity index (χ3v) is 3.17. The molecule has 2 rings (SSSR count). The van der Waals surface area contributed by atoms with Crippen molar-refractivity contribution in [2.24, 2.45) is 0 Å². The Morgan fingerprint density at radius 3 is 2.58 bits per heavy atom. The second kappa shape index (κ2) is 5.38. The van der Waals surface area contributed by atoms with Crippen LogP contribution in [0.3, 0.4) is 0 Å². The molecule has 0 amide bonds. The molecule has 0 radical (unpaired) electrons. The average Bonchev–Trinajstić information content (AvgIpc) is 2.85. The first-order valence-corrected chi connectivity index (χ1v) is 6.65. The predicted molar refractivity (Wildman–Crippen MR) is 77.3 cm³/mol. The molecule has 5 heteroatoms. The molecule has 0 aliphatic rings. The molecule has 5 nitrogen and oxygen atoms in total. The molecule has 0 saturated heterocycles. The number of rotatable bonds is 4. The van der Waals surface area contributed by atoms with Gasteiger partial charge in [0.05, 0.1) is 11.8 Å². The summed E-state index contributed by atoms with van der Waals surface area (Å²) in [5, 5.41) is 7.44. The third-order valence-electron chi connectivity index (χ3n) is 3.17. The van der Waals surface area contributed by atoms with E-state index < -0.39 is 0 Å². The number of nitrogens with one attached hydrogen (secondary N) is 1. The molecule has 2 heterocycles. The van der Waals surface area contributed by atoms with Crippen LogP contribution in [-0.4, -0.2) is 26.8 Å². The highest BCUT2D eigenvalue weighted by Gasteiger charge is 2.15. The molecule has 0 fully saturated rings. The van der Waals surface area contributed by atoms with Crippen LogP contribution in [0.1, 0.15) is 37.9 Å². The van der Waals surface area contributed by atoms with Gasteiger partial charge in [-0.25, -0.2) is 9.97 Å². The van der Waals surface area contributed by atoms with E-state index in [1.165, 1.54) is 5.56 Å². The quantitative estimate of drug-likeness (QED) is 0.917. The van der Waals surface area contributed by atoms with Gasteiger partial charge in [0.2, 0.25) is 0 Å². The van der Waals surface area contributed by atoms with Gasteiger partial charge in [0.1, 0.15) is 5.82 Å². The van der Waals surface area contributed by atoms with E-state index in [-0.39, 0.29) is 0 Å². The van der Waals surface area contributed by atoms with E-state index in [1.54, 1.807) is 0 Å². The summed E-state index contributed by atoms with van der Waals surface area (Å²) in [6.45, 7) is 9.25. The van der Waals surface area contributed by atoms with Gasteiger partial charge < -0.3 is 5.32 Å². The van der Waals surface area contributed by atoms with Crippen LogP contribution in [0.5, 0.6) is 0 Å². The lowest BCUT2D eigenvalue weighted by Crippen LogP contribution is -2.06. The first-order valence-electron chi connectivity index (χ1n) is 6.65. The number of nitrogens with zero attached hydrogens (tertiary/aromatic N) is 4. The van der Waals surface area contributed by atoms with Crippen LogP contribution < -0.4 is 5.32 Å². The highest BCUT2D eigenvalue weighted by Crippen LogP contribution is 2.27. The number of hydrogen-bond donors (Lipinski definition) is 1. The average molecular weight is 259 g/mol. The number of anilines is 1. The molecule has 1 N–H and O–H groups in total. The molecule has 0 unspecified atom stereocenters. The summed E-state index contributed by atoms with van der Waals surface area (Å²) in [7, 11) is 1.90. The van der Waals surface area contributed by atoms with Crippen molar-refractivity contribution in [2.75, 3.05) is 12.4 Å². The van der Waals surface area contributed by atoms with E-state index in [9.17, 15) is 0 Å². The third kappa shape index (κ3) is 2.59. The maximum absolute atomic E-state index is 4.62. The molecule has 2 aromatic heterocycles. The molecule has 0 aliphatic heterocycles. The number of hydrogen-bond acceptors (Lipinski definition) is 4.